The lowest BCUT2D eigenvalue weighted by molar-refractivity contribution is -0.470. The predicted octanol–water partition coefficient (Wildman–Crippen LogP) is 6.78. The molecular weight excluding hydrogens is 946 g/mol. The van der Waals surface area contributed by atoms with Gasteiger partial charge >= 0.3 is 28.6 Å². The predicted molar refractivity (Wildman–Crippen MR) is 260 cm³/mol. The number of halogens is 1. The number of carbonyl (C=O) groups is 1. The highest BCUT2D eigenvalue weighted by Gasteiger charge is 2.25. The second-order valence-electron chi connectivity index (χ2n) is 14.6. The van der Waals surface area contributed by atoms with Crippen molar-refractivity contribution < 1.29 is 28.9 Å². The Bertz CT molecular complexity index is 3630. The van der Waals surface area contributed by atoms with Gasteiger partial charge in [0.25, 0.3) is 12.1 Å². The number of aromatic hydroxyl groups is 1. The standard InChI is InChI=1S/C15H10ClN3O3.C15H11N3O3.C14H10N2O3.C4H7NO4/c16-12-11-7-4-8-17-14(11)18(15(20)13(12)19(21)22)9-10-5-2-1-3-6-10;19-13-11-7-4-8-16-14(11)18(15(20)12(13)17-21)9-10-5-2-1-3-6-10;17-13-11-7-4-8-15-12(11)16(14(18)19-13)9-10-5-2-1-3-6-10;1-2-9-4(6)3-5(7)8/h1-8H,9H2;1-8,19H,9H2;1-8H,9H2;2-3H2,1H3. The molecule has 3 aromatic carbocycles. The summed E-state index contributed by atoms with van der Waals surface area (Å²) in [6.07, 6.45) is 4.59. The van der Waals surface area contributed by atoms with E-state index in [0.717, 1.165) is 16.7 Å². The molecule has 9 rings (SSSR count). The molecule has 0 aliphatic rings. The van der Waals surface area contributed by atoms with Crippen molar-refractivity contribution in [2.75, 3.05) is 13.2 Å². The number of nitroso groups, excluding NO2 is 1. The molecule has 0 bridgehead atoms. The van der Waals surface area contributed by atoms with Gasteiger partial charge in [-0.15, -0.1) is 4.91 Å². The largest absolute Gasteiger partial charge is 0.505 e. The molecule has 0 aliphatic heterocycles. The Kier molecular flexibility index (Phi) is 17.1. The van der Waals surface area contributed by atoms with E-state index in [1.54, 1.807) is 49.5 Å². The molecule has 0 aliphatic carbocycles. The Morgan fingerprint density at radius 2 is 1.10 bits per heavy atom. The number of hydrogen-bond acceptors (Lipinski definition) is 17. The fourth-order valence-corrected chi connectivity index (χ4v) is 7.11. The van der Waals surface area contributed by atoms with Crippen LogP contribution in [0.3, 0.4) is 0 Å². The molecule has 0 saturated carbocycles. The summed E-state index contributed by atoms with van der Waals surface area (Å²) in [4.78, 5) is 101. The molecule has 1 N–H and O–H groups in total. The average molecular weight is 984 g/mol. The summed E-state index contributed by atoms with van der Waals surface area (Å²) >= 11 is 6.02. The van der Waals surface area contributed by atoms with Crippen molar-refractivity contribution in [1.82, 2.24) is 28.7 Å². The Labute approximate surface area is 403 Å². The Morgan fingerprint density at radius 3 is 1.56 bits per heavy atom. The number of ether oxygens (including phenoxy) is 1. The minimum atomic E-state index is -0.789. The SMILES string of the molecule is CCOC(=O)C[N+](=O)[O-].O=Nc1c(O)c2cccnc2n(Cc2ccccc2)c1=O.O=c1c([N+](=O)[O-])c(Cl)c2cccnc2n1Cc1ccccc1.O=c1oc(=O)n(Cc2ccccc2)c2ncccc12. The molecule has 0 unspecified atom stereocenters. The van der Waals surface area contributed by atoms with E-state index >= 15 is 0 Å². The summed E-state index contributed by atoms with van der Waals surface area (Å²) in [5.74, 6) is -1.91. The van der Waals surface area contributed by atoms with Crippen molar-refractivity contribution in [2.45, 2.75) is 26.6 Å². The number of pyridine rings is 5. The lowest BCUT2D eigenvalue weighted by Crippen LogP contribution is -2.26. The fourth-order valence-electron chi connectivity index (χ4n) is 6.81. The summed E-state index contributed by atoms with van der Waals surface area (Å²) in [6, 6.07) is 37.6. The van der Waals surface area contributed by atoms with Gasteiger partial charge in [0.05, 0.1) is 36.6 Å². The molecule has 0 amide bonds. The summed E-state index contributed by atoms with van der Waals surface area (Å²) in [7, 11) is 0. The lowest BCUT2D eigenvalue weighted by Gasteiger charge is -2.11. The number of rotatable bonds is 11. The Balaban J connectivity index is 0.000000161. The highest BCUT2D eigenvalue weighted by Crippen LogP contribution is 2.31. The van der Waals surface area contributed by atoms with Gasteiger partial charge < -0.3 is 14.3 Å². The van der Waals surface area contributed by atoms with Gasteiger partial charge in [-0.3, -0.25) is 43.5 Å². The molecule has 23 heteroatoms. The number of nitrogens with zero attached hydrogens (tertiary/aromatic N) is 9. The molecule has 0 radical (unpaired) electrons. The number of hydrogen-bond donors (Lipinski definition) is 1. The van der Waals surface area contributed by atoms with Gasteiger partial charge in [-0.05, 0) is 65.2 Å². The average Bonchev–Trinajstić information content (AvgIpc) is 3.37. The zero-order valence-corrected chi connectivity index (χ0v) is 37.9. The quantitative estimate of drug-likeness (QED) is 0.0604. The van der Waals surface area contributed by atoms with Crippen LogP contribution < -0.4 is 22.5 Å². The van der Waals surface area contributed by atoms with E-state index in [9.17, 15) is 54.2 Å². The maximum Gasteiger partial charge on any atom is 0.423 e. The normalized spacial score (nSPS) is 10.5. The van der Waals surface area contributed by atoms with Crippen LogP contribution in [0.2, 0.25) is 5.02 Å². The Hall–Kier alpha value is -9.57. The van der Waals surface area contributed by atoms with Crippen molar-refractivity contribution in [3.05, 3.63) is 235 Å². The maximum absolute atomic E-state index is 12.4. The molecule has 22 nitrogen and oxygen atoms in total. The van der Waals surface area contributed by atoms with Gasteiger partial charge in [0.2, 0.25) is 5.69 Å². The molecule has 0 atom stereocenters. The molecular formula is C48H38ClN9O13. The van der Waals surface area contributed by atoms with E-state index in [1.165, 1.54) is 26.1 Å². The molecule has 0 saturated heterocycles. The number of nitro groups is 2. The summed E-state index contributed by atoms with van der Waals surface area (Å²) in [5.41, 5.74) is 0.452. The topological polar surface area (TPSA) is 297 Å². The van der Waals surface area contributed by atoms with Crippen molar-refractivity contribution in [3.63, 3.8) is 0 Å². The number of aromatic nitrogens is 6. The zero-order chi connectivity index (χ0) is 51.0. The van der Waals surface area contributed by atoms with Crippen LogP contribution >= 0.6 is 11.6 Å². The molecule has 9 aromatic rings. The van der Waals surface area contributed by atoms with Gasteiger partial charge in [-0.25, -0.2) is 29.3 Å². The van der Waals surface area contributed by atoms with Crippen molar-refractivity contribution in [3.8, 4) is 5.75 Å². The second-order valence-corrected chi connectivity index (χ2v) is 15.0. The fraction of sp³-hybridized carbons (Fsp3) is 0.125. The van der Waals surface area contributed by atoms with E-state index in [2.05, 4.69) is 24.9 Å². The van der Waals surface area contributed by atoms with Crippen LogP contribution in [0.15, 0.2) is 175 Å². The zero-order valence-electron chi connectivity index (χ0n) is 37.1. The summed E-state index contributed by atoms with van der Waals surface area (Å²) in [5, 5.41) is 34.2. The van der Waals surface area contributed by atoms with Crippen molar-refractivity contribution in [1.29, 1.82) is 0 Å². The van der Waals surface area contributed by atoms with Gasteiger partial charge in [0, 0.05) is 28.9 Å². The lowest BCUT2D eigenvalue weighted by atomic mass is 10.2. The smallest absolute Gasteiger partial charge is 0.423 e. The Morgan fingerprint density at radius 1 is 0.662 bits per heavy atom. The van der Waals surface area contributed by atoms with Crippen LogP contribution in [0.1, 0.15) is 23.6 Å². The first-order valence-corrected chi connectivity index (χ1v) is 21.3. The molecule has 0 spiro atoms. The number of benzene rings is 3. The first-order chi connectivity index (χ1) is 34.2. The first-order valence-electron chi connectivity index (χ1n) is 21.0. The highest BCUT2D eigenvalue weighted by molar-refractivity contribution is 6.37. The van der Waals surface area contributed by atoms with Crippen molar-refractivity contribution in [2.24, 2.45) is 5.18 Å². The van der Waals surface area contributed by atoms with Gasteiger partial charge in [-0.1, -0.05) is 103 Å². The van der Waals surface area contributed by atoms with Gasteiger partial charge in [0.15, 0.2) is 11.4 Å². The number of carbonyl (C=O) groups excluding carboxylic acids is 1. The van der Waals surface area contributed by atoms with E-state index in [-0.39, 0.29) is 24.7 Å². The third kappa shape index (κ3) is 12.5. The molecule has 360 valence electrons. The van der Waals surface area contributed by atoms with E-state index in [1.807, 2.05) is 91.0 Å². The van der Waals surface area contributed by atoms with Gasteiger partial charge in [0.1, 0.15) is 21.7 Å². The first kappa shape index (κ1) is 50.8. The second kappa shape index (κ2) is 23.9. The number of fused-ring (bicyclic) bond motifs is 3. The molecule has 6 heterocycles. The highest BCUT2D eigenvalue weighted by atomic mass is 35.5. The number of esters is 1. The minimum absolute atomic E-state index is 0.178. The van der Waals surface area contributed by atoms with Crippen LogP contribution in [0.25, 0.3) is 33.1 Å². The summed E-state index contributed by atoms with van der Waals surface area (Å²) in [6.45, 7) is 1.79. The van der Waals surface area contributed by atoms with Crippen LogP contribution in [0.4, 0.5) is 11.4 Å². The van der Waals surface area contributed by atoms with Crippen LogP contribution in [-0.2, 0) is 29.2 Å². The maximum atomic E-state index is 12.4. The van der Waals surface area contributed by atoms with Crippen LogP contribution in [-0.4, -0.2) is 62.7 Å². The third-order valence-electron chi connectivity index (χ3n) is 9.95. The van der Waals surface area contributed by atoms with Crippen LogP contribution in [0.5, 0.6) is 5.75 Å². The van der Waals surface area contributed by atoms with Crippen LogP contribution in [0, 0.1) is 25.1 Å². The monoisotopic (exact) mass is 983 g/mol. The van der Waals surface area contributed by atoms with E-state index in [4.69, 9.17) is 16.0 Å². The van der Waals surface area contributed by atoms with E-state index in [0.29, 0.717) is 39.6 Å². The minimum Gasteiger partial charge on any atom is -0.505 e. The van der Waals surface area contributed by atoms with Gasteiger partial charge in [-0.2, -0.15) is 0 Å². The molecule has 0 fully saturated rings. The van der Waals surface area contributed by atoms with Crippen molar-refractivity contribution >= 4 is 62.0 Å². The van der Waals surface area contributed by atoms with E-state index < -0.39 is 62.0 Å². The molecule has 71 heavy (non-hydrogen) atoms. The molecule has 6 aromatic heterocycles. The third-order valence-corrected chi connectivity index (χ3v) is 10.3. The summed E-state index contributed by atoms with van der Waals surface area (Å²) < 4.78 is 12.9.